The first kappa shape index (κ1) is 17.8. The van der Waals surface area contributed by atoms with Crippen molar-refractivity contribution in [2.24, 2.45) is 5.92 Å². The maximum absolute atomic E-state index is 12.8. The summed E-state index contributed by atoms with van der Waals surface area (Å²) in [6.45, 7) is 3.13. The Morgan fingerprint density at radius 2 is 1.40 bits per heavy atom. The number of urea groups is 1. The molecular weight excluding hydrogens is 314 g/mol. The number of nitrogens with zero attached hydrogens (tertiary/aromatic N) is 2. The van der Waals surface area contributed by atoms with Crippen LogP contribution in [0.5, 0.6) is 0 Å². The number of carbonyl (C=O) groups is 2. The number of rotatable bonds is 2. The van der Waals surface area contributed by atoms with Gasteiger partial charge in [0.05, 0.1) is 0 Å². The van der Waals surface area contributed by atoms with Crippen LogP contribution >= 0.6 is 0 Å². The van der Waals surface area contributed by atoms with E-state index in [2.05, 4.69) is 10.2 Å². The summed E-state index contributed by atoms with van der Waals surface area (Å²) in [7, 11) is 0. The molecule has 5 heteroatoms. The van der Waals surface area contributed by atoms with Crippen molar-refractivity contribution in [2.75, 3.05) is 31.5 Å². The topological polar surface area (TPSA) is 52.7 Å². The summed E-state index contributed by atoms with van der Waals surface area (Å²) in [4.78, 5) is 29.0. The first-order valence-electron chi connectivity index (χ1n) is 9.64. The van der Waals surface area contributed by atoms with E-state index in [1.165, 1.54) is 19.3 Å². The Morgan fingerprint density at radius 3 is 2.04 bits per heavy atom. The third-order valence-electron chi connectivity index (χ3n) is 5.32. The minimum absolute atomic E-state index is 0.0663. The molecule has 5 nitrogen and oxygen atoms in total. The highest BCUT2D eigenvalue weighted by Gasteiger charge is 2.30. The molecule has 1 aromatic carbocycles. The Kier molecular flexibility index (Phi) is 6.31. The van der Waals surface area contributed by atoms with Crippen LogP contribution < -0.4 is 5.32 Å². The van der Waals surface area contributed by atoms with Crippen LogP contribution in [0.25, 0.3) is 0 Å². The minimum Gasteiger partial charge on any atom is -0.342 e. The normalized spacial score (nSPS) is 19.8. The van der Waals surface area contributed by atoms with Gasteiger partial charge in [0.15, 0.2) is 0 Å². The van der Waals surface area contributed by atoms with Crippen LogP contribution in [0, 0.1) is 5.92 Å². The zero-order valence-corrected chi connectivity index (χ0v) is 15.0. The Morgan fingerprint density at radius 1 is 0.800 bits per heavy atom. The van der Waals surface area contributed by atoms with E-state index in [9.17, 15) is 9.59 Å². The molecule has 2 fully saturated rings. The van der Waals surface area contributed by atoms with Crippen LogP contribution in [0.3, 0.4) is 0 Å². The number of carbonyl (C=O) groups excluding carboxylic acids is 2. The van der Waals surface area contributed by atoms with E-state index in [1.807, 2.05) is 35.2 Å². The zero-order valence-electron chi connectivity index (χ0n) is 15.0. The van der Waals surface area contributed by atoms with E-state index in [0.29, 0.717) is 19.0 Å². The van der Waals surface area contributed by atoms with Crippen molar-refractivity contribution >= 4 is 17.6 Å². The van der Waals surface area contributed by atoms with Crippen molar-refractivity contribution in [3.63, 3.8) is 0 Å². The molecule has 0 saturated carbocycles. The zero-order chi connectivity index (χ0) is 17.5. The van der Waals surface area contributed by atoms with E-state index in [-0.39, 0.29) is 11.9 Å². The average molecular weight is 343 g/mol. The second-order valence-electron chi connectivity index (χ2n) is 7.15. The van der Waals surface area contributed by atoms with Crippen molar-refractivity contribution in [1.29, 1.82) is 0 Å². The molecule has 1 N–H and O–H groups in total. The van der Waals surface area contributed by atoms with Crippen LogP contribution in [0.1, 0.15) is 44.9 Å². The molecule has 136 valence electrons. The molecular formula is C20H29N3O2. The fourth-order valence-corrected chi connectivity index (χ4v) is 3.78. The number of piperidine rings is 1. The van der Waals surface area contributed by atoms with Gasteiger partial charge in [-0.05, 0) is 37.8 Å². The van der Waals surface area contributed by atoms with Crippen molar-refractivity contribution < 1.29 is 9.59 Å². The fourth-order valence-electron chi connectivity index (χ4n) is 3.78. The summed E-state index contributed by atoms with van der Waals surface area (Å²) in [5.74, 6) is 0.394. The standard InChI is InChI=1S/C20H29N3O2/c24-19(22-13-7-2-1-3-8-14-22)17-11-15-23(16-12-17)20(25)21-18-9-5-4-6-10-18/h4-6,9-10,17H,1-3,7-8,11-16H2,(H,21,25). The van der Waals surface area contributed by atoms with E-state index >= 15 is 0 Å². The lowest BCUT2D eigenvalue weighted by Gasteiger charge is -2.34. The van der Waals surface area contributed by atoms with Gasteiger partial charge in [-0.1, -0.05) is 37.5 Å². The fraction of sp³-hybridized carbons (Fsp3) is 0.600. The van der Waals surface area contributed by atoms with Gasteiger partial charge >= 0.3 is 6.03 Å². The molecule has 1 aromatic rings. The Balaban J connectivity index is 1.47. The number of hydrogen-bond acceptors (Lipinski definition) is 2. The summed E-state index contributed by atoms with van der Waals surface area (Å²) in [6, 6.07) is 9.45. The van der Waals surface area contributed by atoms with Crippen LogP contribution in [-0.2, 0) is 4.79 Å². The molecule has 0 atom stereocenters. The lowest BCUT2D eigenvalue weighted by Crippen LogP contribution is -2.46. The minimum atomic E-state index is -0.0663. The van der Waals surface area contributed by atoms with E-state index in [0.717, 1.165) is 44.5 Å². The van der Waals surface area contributed by atoms with E-state index in [1.54, 1.807) is 0 Å². The SMILES string of the molecule is O=C(Nc1ccccc1)N1CCC(C(=O)N2CCCCCCC2)CC1. The first-order chi connectivity index (χ1) is 12.2. The lowest BCUT2D eigenvalue weighted by molar-refractivity contribution is -0.137. The molecule has 0 aliphatic carbocycles. The summed E-state index contributed by atoms with van der Waals surface area (Å²) < 4.78 is 0. The monoisotopic (exact) mass is 343 g/mol. The molecule has 0 aromatic heterocycles. The van der Waals surface area contributed by atoms with Gasteiger partial charge in [-0.25, -0.2) is 4.79 Å². The van der Waals surface area contributed by atoms with Gasteiger partial charge in [-0.2, -0.15) is 0 Å². The van der Waals surface area contributed by atoms with Gasteiger partial charge in [0.1, 0.15) is 0 Å². The molecule has 2 saturated heterocycles. The lowest BCUT2D eigenvalue weighted by atomic mass is 9.94. The van der Waals surface area contributed by atoms with Crippen LogP contribution in [0.15, 0.2) is 30.3 Å². The first-order valence-corrected chi connectivity index (χ1v) is 9.64. The van der Waals surface area contributed by atoms with E-state index in [4.69, 9.17) is 0 Å². The molecule has 2 aliphatic rings. The Bertz CT molecular complexity index is 560. The predicted molar refractivity (Wildman–Crippen MR) is 99.4 cm³/mol. The number of benzene rings is 1. The molecule has 2 heterocycles. The number of nitrogens with one attached hydrogen (secondary N) is 1. The summed E-state index contributed by atoms with van der Waals surface area (Å²) in [6.07, 6.45) is 7.59. The third-order valence-corrected chi connectivity index (χ3v) is 5.32. The van der Waals surface area contributed by atoms with Gasteiger partial charge in [-0.15, -0.1) is 0 Å². The van der Waals surface area contributed by atoms with Gasteiger partial charge in [0.2, 0.25) is 5.91 Å². The molecule has 25 heavy (non-hydrogen) atoms. The van der Waals surface area contributed by atoms with Gasteiger partial charge < -0.3 is 15.1 Å². The summed E-state index contributed by atoms with van der Waals surface area (Å²) in [5.41, 5.74) is 0.811. The quantitative estimate of drug-likeness (QED) is 0.890. The van der Waals surface area contributed by atoms with Crippen molar-refractivity contribution in [3.05, 3.63) is 30.3 Å². The van der Waals surface area contributed by atoms with E-state index < -0.39 is 0 Å². The van der Waals surface area contributed by atoms with Crippen LogP contribution in [0.4, 0.5) is 10.5 Å². The number of para-hydroxylation sites is 1. The molecule has 0 radical (unpaired) electrons. The summed E-state index contributed by atoms with van der Waals surface area (Å²) in [5, 5.41) is 2.93. The predicted octanol–water partition coefficient (Wildman–Crippen LogP) is 3.72. The molecule has 0 spiro atoms. The number of likely N-dealkylation sites (tertiary alicyclic amines) is 2. The largest absolute Gasteiger partial charge is 0.342 e. The maximum Gasteiger partial charge on any atom is 0.321 e. The number of amides is 3. The van der Waals surface area contributed by atoms with Crippen LogP contribution in [-0.4, -0.2) is 47.9 Å². The highest BCUT2D eigenvalue weighted by Crippen LogP contribution is 2.22. The van der Waals surface area contributed by atoms with Crippen molar-refractivity contribution in [1.82, 2.24) is 9.80 Å². The van der Waals surface area contributed by atoms with Gasteiger partial charge in [0, 0.05) is 37.8 Å². The molecule has 0 unspecified atom stereocenters. The van der Waals surface area contributed by atoms with Crippen LogP contribution in [0.2, 0.25) is 0 Å². The molecule has 0 bridgehead atoms. The molecule has 2 aliphatic heterocycles. The molecule has 3 rings (SSSR count). The highest BCUT2D eigenvalue weighted by molar-refractivity contribution is 5.89. The molecule has 3 amide bonds. The second-order valence-corrected chi connectivity index (χ2v) is 7.15. The smallest absolute Gasteiger partial charge is 0.321 e. The Labute approximate surface area is 150 Å². The van der Waals surface area contributed by atoms with Gasteiger partial charge in [0.25, 0.3) is 0 Å². The second kappa shape index (κ2) is 8.88. The van der Waals surface area contributed by atoms with Gasteiger partial charge in [-0.3, -0.25) is 4.79 Å². The van der Waals surface area contributed by atoms with Crippen molar-refractivity contribution in [3.8, 4) is 0 Å². The Hall–Kier alpha value is -2.04. The maximum atomic E-state index is 12.8. The summed E-state index contributed by atoms with van der Waals surface area (Å²) >= 11 is 0. The third kappa shape index (κ3) is 4.97. The van der Waals surface area contributed by atoms with Crippen molar-refractivity contribution in [2.45, 2.75) is 44.9 Å². The average Bonchev–Trinajstić information content (AvgIpc) is 2.62. The highest BCUT2D eigenvalue weighted by atomic mass is 16.2. The number of anilines is 1. The number of hydrogen-bond donors (Lipinski definition) is 1.